The molecule has 134 valence electrons. The van der Waals surface area contributed by atoms with Crippen molar-refractivity contribution in [3.63, 3.8) is 0 Å². The SMILES string of the molecule is O=C(NCc1cccc(Cn2ccnc2)c1)Nc1ccc(F)c(F)c1F. The number of carbonyl (C=O) groups excluding carboxylic acids is 1. The van der Waals surface area contributed by atoms with E-state index in [4.69, 9.17) is 0 Å². The third-order valence-corrected chi connectivity index (χ3v) is 3.65. The lowest BCUT2D eigenvalue weighted by Crippen LogP contribution is -2.28. The van der Waals surface area contributed by atoms with E-state index in [0.29, 0.717) is 6.54 Å². The van der Waals surface area contributed by atoms with Crippen molar-refractivity contribution in [2.75, 3.05) is 5.32 Å². The van der Waals surface area contributed by atoms with Crippen LogP contribution in [0.4, 0.5) is 23.7 Å². The Morgan fingerprint density at radius 3 is 2.65 bits per heavy atom. The number of nitrogens with zero attached hydrogens (tertiary/aromatic N) is 2. The van der Waals surface area contributed by atoms with Crippen LogP contribution < -0.4 is 10.6 Å². The fourth-order valence-electron chi connectivity index (χ4n) is 2.40. The molecule has 0 saturated carbocycles. The van der Waals surface area contributed by atoms with Gasteiger partial charge in [0.2, 0.25) is 0 Å². The molecule has 0 radical (unpaired) electrons. The molecule has 2 N–H and O–H groups in total. The highest BCUT2D eigenvalue weighted by Gasteiger charge is 2.15. The van der Waals surface area contributed by atoms with Crippen molar-refractivity contribution in [1.29, 1.82) is 0 Å². The summed E-state index contributed by atoms with van der Waals surface area (Å²) in [6, 6.07) is 8.52. The molecule has 1 heterocycles. The van der Waals surface area contributed by atoms with Gasteiger partial charge in [-0.1, -0.05) is 24.3 Å². The molecule has 0 aliphatic rings. The van der Waals surface area contributed by atoms with Crippen molar-refractivity contribution in [1.82, 2.24) is 14.9 Å². The summed E-state index contributed by atoms with van der Waals surface area (Å²) in [4.78, 5) is 15.8. The minimum absolute atomic E-state index is 0.189. The zero-order chi connectivity index (χ0) is 18.5. The van der Waals surface area contributed by atoms with Crippen LogP contribution in [0.15, 0.2) is 55.1 Å². The maximum atomic E-state index is 13.6. The number of hydrogen-bond donors (Lipinski definition) is 2. The number of carbonyl (C=O) groups is 1. The van der Waals surface area contributed by atoms with E-state index in [2.05, 4.69) is 15.6 Å². The van der Waals surface area contributed by atoms with Gasteiger partial charge in [-0.15, -0.1) is 0 Å². The van der Waals surface area contributed by atoms with Gasteiger partial charge in [0.25, 0.3) is 0 Å². The van der Waals surface area contributed by atoms with Gasteiger partial charge in [-0.2, -0.15) is 0 Å². The molecule has 0 fully saturated rings. The smallest absolute Gasteiger partial charge is 0.319 e. The molecule has 2 amide bonds. The average molecular weight is 360 g/mol. The minimum Gasteiger partial charge on any atom is -0.334 e. The first-order valence-electron chi connectivity index (χ1n) is 7.75. The second-order valence-electron chi connectivity index (χ2n) is 5.59. The lowest BCUT2D eigenvalue weighted by atomic mass is 10.1. The van der Waals surface area contributed by atoms with Crippen LogP contribution in [0.25, 0.3) is 0 Å². The normalized spacial score (nSPS) is 10.6. The van der Waals surface area contributed by atoms with Crippen molar-refractivity contribution in [2.45, 2.75) is 13.1 Å². The number of nitrogens with one attached hydrogen (secondary N) is 2. The van der Waals surface area contributed by atoms with Crippen LogP contribution in [0.2, 0.25) is 0 Å². The Morgan fingerprint density at radius 1 is 1.08 bits per heavy atom. The van der Waals surface area contributed by atoms with Gasteiger partial charge in [0.05, 0.1) is 12.0 Å². The molecule has 1 aromatic heterocycles. The molecule has 26 heavy (non-hydrogen) atoms. The Bertz CT molecular complexity index is 913. The van der Waals surface area contributed by atoms with Gasteiger partial charge in [0.15, 0.2) is 17.5 Å². The molecule has 0 aliphatic heterocycles. The molecule has 0 atom stereocenters. The Hall–Kier alpha value is -3.29. The Balaban J connectivity index is 1.59. The number of amides is 2. The van der Waals surface area contributed by atoms with E-state index < -0.39 is 29.2 Å². The molecular weight excluding hydrogens is 345 g/mol. The average Bonchev–Trinajstić information content (AvgIpc) is 3.14. The maximum Gasteiger partial charge on any atom is 0.319 e. The Labute approximate surface area is 147 Å². The van der Waals surface area contributed by atoms with E-state index in [-0.39, 0.29) is 6.54 Å². The van der Waals surface area contributed by atoms with Crippen LogP contribution in [-0.4, -0.2) is 15.6 Å². The van der Waals surface area contributed by atoms with Crippen molar-refractivity contribution < 1.29 is 18.0 Å². The van der Waals surface area contributed by atoms with Gasteiger partial charge in [-0.25, -0.2) is 22.9 Å². The van der Waals surface area contributed by atoms with E-state index in [1.807, 2.05) is 35.0 Å². The number of urea groups is 1. The first-order chi connectivity index (χ1) is 12.5. The lowest BCUT2D eigenvalue weighted by Gasteiger charge is -2.10. The summed E-state index contributed by atoms with van der Waals surface area (Å²) < 4.78 is 41.5. The predicted octanol–water partition coefficient (Wildman–Crippen LogP) is 3.67. The van der Waals surface area contributed by atoms with Gasteiger partial charge < -0.3 is 15.2 Å². The van der Waals surface area contributed by atoms with E-state index in [1.54, 1.807) is 12.5 Å². The van der Waals surface area contributed by atoms with Gasteiger partial charge in [-0.05, 0) is 23.3 Å². The van der Waals surface area contributed by atoms with Gasteiger partial charge in [0.1, 0.15) is 0 Å². The fourth-order valence-corrected chi connectivity index (χ4v) is 2.40. The first kappa shape index (κ1) is 17.5. The molecule has 3 rings (SSSR count). The second-order valence-corrected chi connectivity index (χ2v) is 5.59. The van der Waals surface area contributed by atoms with Crippen molar-refractivity contribution in [2.24, 2.45) is 0 Å². The zero-order valence-corrected chi connectivity index (χ0v) is 13.5. The van der Waals surface area contributed by atoms with Crippen LogP contribution >= 0.6 is 0 Å². The molecule has 0 aliphatic carbocycles. The number of aromatic nitrogens is 2. The largest absolute Gasteiger partial charge is 0.334 e. The van der Waals surface area contributed by atoms with Gasteiger partial charge in [-0.3, -0.25) is 0 Å². The summed E-state index contributed by atoms with van der Waals surface area (Å²) in [6.07, 6.45) is 5.23. The molecule has 0 unspecified atom stereocenters. The van der Waals surface area contributed by atoms with Crippen molar-refractivity contribution in [3.05, 3.63) is 83.7 Å². The third kappa shape index (κ3) is 4.21. The lowest BCUT2D eigenvalue weighted by molar-refractivity contribution is 0.251. The van der Waals surface area contributed by atoms with E-state index in [0.717, 1.165) is 23.3 Å². The number of halogens is 3. The number of anilines is 1. The monoisotopic (exact) mass is 360 g/mol. The number of imidazole rings is 1. The highest BCUT2D eigenvalue weighted by Crippen LogP contribution is 2.19. The molecule has 8 heteroatoms. The summed E-state index contributed by atoms with van der Waals surface area (Å²) >= 11 is 0. The number of hydrogen-bond acceptors (Lipinski definition) is 2. The second kappa shape index (κ2) is 7.73. The molecule has 0 spiro atoms. The highest BCUT2D eigenvalue weighted by molar-refractivity contribution is 5.89. The molecule has 5 nitrogen and oxygen atoms in total. The molecule has 3 aromatic rings. The highest BCUT2D eigenvalue weighted by atomic mass is 19.2. The van der Waals surface area contributed by atoms with Gasteiger partial charge in [0, 0.05) is 25.5 Å². The van der Waals surface area contributed by atoms with Crippen LogP contribution in [0.5, 0.6) is 0 Å². The van der Waals surface area contributed by atoms with E-state index >= 15 is 0 Å². The minimum atomic E-state index is -1.63. The zero-order valence-electron chi connectivity index (χ0n) is 13.5. The Morgan fingerprint density at radius 2 is 1.88 bits per heavy atom. The van der Waals surface area contributed by atoms with Crippen LogP contribution in [0.1, 0.15) is 11.1 Å². The summed E-state index contributed by atoms with van der Waals surface area (Å²) in [7, 11) is 0. The van der Waals surface area contributed by atoms with Gasteiger partial charge >= 0.3 is 6.03 Å². The molecule has 0 bridgehead atoms. The van der Waals surface area contributed by atoms with Crippen molar-refractivity contribution in [3.8, 4) is 0 Å². The molecule has 0 saturated heterocycles. The third-order valence-electron chi connectivity index (χ3n) is 3.65. The molecule has 2 aromatic carbocycles. The van der Waals surface area contributed by atoms with E-state index in [1.165, 1.54) is 0 Å². The first-order valence-corrected chi connectivity index (χ1v) is 7.75. The molecular formula is C18H15F3N4O. The standard InChI is InChI=1S/C18H15F3N4O/c19-14-4-5-15(17(21)16(14)20)24-18(26)23-9-12-2-1-3-13(8-12)10-25-7-6-22-11-25/h1-8,11H,9-10H2,(H2,23,24,26). The predicted molar refractivity (Wildman–Crippen MR) is 89.9 cm³/mol. The summed E-state index contributed by atoms with van der Waals surface area (Å²) in [5, 5.41) is 4.70. The fraction of sp³-hybridized carbons (Fsp3) is 0.111. The summed E-state index contributed by atoms with van der Waals surface area (Å²) in [5.74, 6) is -4.39. The topological polar surface area (TPSA) is 59.0 Å². The summed E-state index contributed by atoms with van der Waals surface area (Å²) in [5.41, 5.74) is 1.42. The maximum absolute atomic E-state index is 13.6. The quantitative estimate of drug-likeness (QED) is 0.682. The number of benzene rings is 2. The van der Waals surface area contributed by atoms with Crippen LogP contribution in [-0.2, 0) is 13.1 Å². The number of rotatable bonds is 5. The van der Waals surface area contributed by atoms with Crippen LogP contribution in [0, 0.1) is 17.5 Å². The van der Waals surface area contributed by atoms with Crippen LogP contribution in [0.3, 0.4) is 0 Å². The van der Waals surface area contributed by atoms with Crippen molar-refractivity contribution >= 4 is 11.7 Å². The van der Waals surface area contributed by atoms with E-state index in [9.17, 15) is 18.0 Å². The Kier molecular flexibility index (Phi) is 5.21. The summed E-state index contributed by atoms with van der Waals surface area (Å²) in [6.45, 7) is 0.828.